The number of carbonyl (C=O) groups excluding carboxylic acids is 2. The van der Waals surface area contributed by atoms with E-state index in [1.807, 2.05) is 0 Å². The average Bonchev–Trinajstić information content (AvgIpc) is 3.15. The molecule has 7 heteroatoms. The van der Waals surface area contributed by atoms with Crippen molar-refractivity contribution < 1.29 is 14.0 Å². The number of benzene rings is 1. The molecule has 1 aromatic carbocycles. The molecule has 2 amide bonds. The number of anilines is 1. The van der Waals surface area contributed by atoms with Crippen LogP contribution in [0.1, 0.15) is 33.1 Å². The van der Waals surface area contributed by atoms with Crippen LogP contribution in [-0.4, -0.2) is 35.1 Å². The zero-order valence-corrected chi connectivity index (χ0v) is 14.5. The topological polar surface area (TPSA) is 78.1 Å². The van der Waals surface area contributed by atoms with Gasteiger partial charge in [-0.25, -0.2) is 4.39 Å². The summed E-state index contributed by atoms with van der Waals surface area (Å²) in [5.41, 5.74) is 0.532. The summed E-state index contributed by atoms with van der Waals surface area (Å²) in [5.74, 6) is -0.337. The first-order chi connectivity index (χ1) is 12.0. The Labute approximate surface area is 145 Å². The van der Waals surface area contributed by atoms with Crippen molar-refractivity contribution in [3.8, 4) is 0 Å². The van der Waals surface area contributed by atoms with Crippen LogP contribution in [0.4, 0.5) is 10.2 Å². The predicted octanol–water partition coefficient (Wildman–Crippen LogP) is 2.61. The van der Waals surface area contributed by atoms with E-state index in [1.54, 1.807) is 12.1 Å². The van der Waals surface area contributed by atoms with Crippen molar-refractivity contribution in [3.63, 3.8) is 0 Å². The molecule has 0 radical (unpaired) electrons. The van der Waals surface area contributed by atoms with Crippen molar-refractivity contribution in [2.24, 2.45) is 11.8 Å². The van der Waals surface area contributed by atoms with Gasteiger partial charge in [0.1, 0.15) is 5.82 Å². The normalized spacial score (nSPS) is 17.7. The van der Waals surface area contributed by atoms with E-state index in [0.29, 0.717) is 18.0 Å². The van der Waals surface area contributed by atoms with Crippen molar-refractivity contribution in [1.82, 2.24) is 15.5 Å². The number of rotatable bonds is 6. The Morgan fingerprint density at radius 1 is 1.48 bits per heavy atom. The molecular weight excluding hydrogens is 323 g/mol. The molecule has 0 saturated carbocycles. The van der Waals surface area contributed by atoms with Gasteiger partial charge in [0.15, 0.2) is 5.82 Å². The second kappa shape index (κ2) is 7.21. The van der Waals surface area contributed by atoms with E-state index in [1.165, 1.54) is 11.0 Å². The number of nitrogens with one attached hydrogen (secondary N) is 2. The third kappa shape index (κ3) is 3.65. The monoisotopic (exact) mass is 346 g/mol. The molecule has 25 heavy (non-hydrogen) atoms. The van der Waals surface area contributed by atoms with E-state index >= 15 is 0 Å². The summed E-state index contributed by atoms with van der Waals surface area (Å²) in [7, 11) is 0. The second-order valence-corrected chi connectivity index (χ2v) is 6.94. The van der Waals surface area contributed by atoms with E-state index < -0.39 is 11.7 Å². The molecule has 1 aliphatic rings. The molecule has 3 rings (SSSR count). The van der Waals surface area contributed by atoms with Gasteiger partial charge in [0.2, 0.25) is 11.8 Å². The SMILES string of the molecule is CC(C)CCCNC(=O)[C@H]1CC(=O)N(c2n[nH]c3cccc(F)c23)C1. The lowest BCUT2D eigenvalue weighted by atomic mass is 10.1. The molecule has 134 valence electrons. The Bertz CT molecular complexity index is 786. The van der Waals surface area contributed by atoms with Gasteiger partial charge in [-0.2, -0.15) is 5.10 Å². The average molecular weight is 346 g/mol. The first-order valence-corrected chi connectivity index (χ1v) is 8.68. The lowest BCUT2D eigenvalue weighted by molar-refractivity contribution is -0.126. The van der Waals surface area contributed by atoms with Crippen molar-refractivity contribution >= 4 is 28.5 Å². The van der Waals surface area contributed by atoms with Gasteiger partial charge in [0.25, 0.3) is 0 Å². The van der Waals surface area contributed by atoms with Gasteiger partial charge in [0, 0.05) is 19.5 Å². The number of hydrogen-bond acceptors (Lipinski definition) is 3. The van der Waals surface area contributed by atoms with Gasteiger partial charge >= 0.3 is 0 Å². The largest absolute Gasteiger partial charge is 0.356 e. The van der Waals surface area contributed by atoms with E-state index in [2.05, 4.69) is 29.4 Å². The highest BCUT2D eigenvalue weighted by Crippen LogP contribution is 2.31. The molecule has 0 spiro atoms. The van der Waals surface area contributed by atoms with E-state index in [0.717, 1.165) is 12.8 Å². The Balaban J connectivity index is 1.67. The van der Waals surface area contributed by atoms with Crippen LogP contribution in [0.15, 0.2) is 18.2 Å². The summed E-state index contributed by atoms with van der Waals surface area (Å²) in [6.07, 6.45) is 2.09. The Hall–Kier alpha value is -2.44. The van der Waals surface area contributed by atoms with Crippen LogP contribution < -0.4 is 10.2 Å². The first-order valence-electron chi connectivity index (χ1n) is 8.68. The van der Waals surface area contributed by atoms with Gasteiger partial charge < -0.3 is 5.32 Å². The quantitative estimate of drug-likeness (QED) is 0.789. The molecule has 1 atom stereocenters. The number of halogens is 1. The summed E-state index contributed by atoms with van der Waals surface area (Å²) < 4.78 is 14.1. The van der Waals surface area contributed by atoms with Crippen molar-refractivity contribution in [3.05, 3.63) is 24.0 Å². The van der Waals surface area contributed by atoms with Crippen LogP contribution in [0.2, 0.25) is 0 Å². The zero-order chi connectivity index (χ0) is 18.0. The summed E-state index contributed by atoms with van der Waals surface area (Å²) in [6.45, 7) is 5.12. The minimum atomic E-state index is -0.435. The van der Waals surface area contributed by atoms with Crippen molar-refractivity contribution in [1.29, 1.82) is 0 Å². The van der Waals surface area contributed by atoms with E-state index in [-0.39, 0.29) is 36.0 Å². The van der Waals surface area contributed by atoms with E-state index in [4.69, 9.17) is 0 Å². The molecule has 2 heterocycles. The first kappa shape index (κ1) is 17.4. The standard InChI is InChI=1S/C18H23FN4O2/c1-11(2)5-4-8-20-18(25)12-9-15(24)23(10-12)17-16-13(19)6-3-7-14(16)21-22-17/h3,6-7,11-12H,4-5,8-10H2,1-2H3,(H,20,25)(H,21,22)/t12-/m0/s1. The smallest absolute Gasteiger partial charge is 0.229 e. The molecule has 6 nitrogen and oxygen atoms in total. The number of nitrogens with zero attached hydrogens (tertiary/aromatic N) is 2. The van der Waals surface area contributed by atoms with Crippen LogP contribution in [0.25, 0.3) is 10.9 Å². The molecule has 0 bridgehead atoms. The molecule has 1 fully saturated rings. The summed E-state index contributed by atoms with van der Waals surface area (Å²) in [6, 6.07) is 4.62. The van der Waals surface area contributed by atoms with Gasteiger partial charge in [0.05, 0.1) is 16.8 Å². The highest BCUT2D eigenvalue weighted by Gasteiger charge is 2.37. The Morgan fingerprint density at radius 3 is 3.04 bits per heavy atom. The van der Waals surface area contributed by atoms with Crippen LogP contribution in [0, 0.1) is 17.7 Å². The third-order valence-corrected chi connectivity index (χ3v) is 4.53. The summed E-state index contributed by atoms with van der Waals surface area (Å²) in [5, 5.41) is 10.0. The number of carbonyl (C=O) groups is 2. The third-order valence-electron chi connectivity index (χ3n) is 4.53. The van der Waals surface area contributed by atoms with Crippen LogP contribution in [-0.2, 0) is 9.59 Å². The molecule has 1 saturated heterocycles. The highest BCUT2D eigenvalue weighted by molar-refractivity contribution is 6.05. The maximum absolute atomic E-state index is 14.1. The molecule has 0 unspecified atom stereocenters. The molecule has 2 aromatic rings. The molecule has 2 N–H and O–H groups in total. The molecule has 1 aromatic heterocycles. The zero-order valence-electron chi connectivity index (χ0n) is 14.5. The molecule has 1 aliphatic heterocycles. The maximum Gasteiger partial charge on any atom is 0.229 e. The number of H-pyrrole nitrogens is 1. The van der Waals surface area contributed by atoms with E-state index in [9.17, 15) is 14.0 Å². The highest BCUT2D eigenvalue weighted by atomic mass is 19.1. The van der Waals surface area contributed by atoms with Crippen molar-refractivity contribution in [2.75, 3.05) is 18.0 Å². The number of hydrogen-bond donors (Lipinski definition) is 2. The van der Waals surface area contributed by atoms with Gasteiger partial charge in [-0.05, 0) is 30.9 Å². The predicted molar refractivity (Wildman–Crippen MR) is 93.6 cm³/mol. The molecular formula is C18H23FN4O2. The van der Waals surface area contributed by atoms with Crippen LogP contribution >= 0.6 is 0 Å². The number of aromatic nitrogens is 2. The lowest BCUT2D eigenvalue weighted by Gasteiger charge is -2.14. The fraction of sp³-hybridized carbons (Fsp3) is 0.500. The number of fused-ring (bicyclic) bond motifs is 1. The van der Waals surface area contributed by atoms with Gasteiger partial charge in [-0.1, -0.05) is 19.9 Å². The summed E-state index contributed by atoms with van der Waals surface area (Å²) in [4.78, 5) is 26.0. The molecule has 0 aliphatic carbocycles. The fourth-order valence-corrected chi connectivity index (χ4v) is 3.16. The summed E-state index contributed by atoms with van der Waals surface area (Å²) >= 11 is 0. The Morgan fingerprint density at radius 2 is 2.28 bits per heavy atom. The van der Waals surface area contributed by atoms with Crippen molar-refractivity contribution in [2.45, 2.75) is 33.1 Å². The van der Waals surface area contributed by atoms with Gasteiger partial charge in [-0.15, -0.1) is 0 Å². The Kier molecular flexibility index (Phi) is 5.01. The lowest BCUT2D eigenvalue weighted by Crippen LogP contribution is -2.33. The second-order valence-electron chi connectivity index (χ2n) is 6.94. The minimum absolute atomic E-state index is 0.124. The minimum Gasteiger partial charge on any atom is -0.356 e. The number of amides is 2. The van der Waals surface area contributed by atoms with Crippen LogP contribution in [0.5, 0.6) is 0 Å². The maximum atomic E-state index is 14.1. The van der Waals surface area contributed by atoms with Crippen LogP contribution in [0.3, 0.4) is 0 Å². The number of aromatic amines is 1. The van der Waals surface area contributed by atoms with Gasteiger partial charge in [-0.3, -0.25) is 19.6 Å². The fourth-order valence-electron chi connectivity index (χ4n) is 3.16.